The number of nitrogens with zero attached hydrogens (tertiary/aromatic N) is 2. The van der Waals surface area contributed by atoms with Crippen LogP contribution in [0.15, 0.2) is 34.9 Å². The molecule has 0 aliphatic carbocycles. The number of rotatable bonds is 3. The molecular weight excluding hydrogens is 274 g/mol. The van der Waals surface area contributed by atoms with E-state index in [-0.39, 0.29) is 0 Å². The molecule has 5 heteroatoms. The highest BCUT2D eigenvalue weighted by Gasteiger charge is 2.17. The molecule has 2 N–H and O–H groups in total. The largest absolute Gasteiger partial charge is 0.444 e. The molecule has 1 saturated heterocycles. The maximum Gasteiger partial charge on any atom is 0.226 e. The molecule has 1 aliphatic heterocycles. The van der Waals surface area contributed by atoms with Gasteiger partial charge in [-0.1, -0.05) is 17.7 Å². The standard InChI is InChI=1S/C15H18ClN3O/c16-12-3-1-2-11(8-12)15-18-14(10-20-15)9-19-6-4-13(17)5-7-19/h1-3,8,10,13H,4-7,9,17H2. The van der Waals surface area contributed by atoms with Crippen molar-refractivity contribution in [3.63, 3.8) is 0 Å². The Bertz CT molecular complexity index is 576. The summed E-state index contributed by atoms with van der Waals surface area (Å²) in [4.78, 5) is 6.90. The Balaban J connectivity index is 1.68. The molecular formula is C15H18ClN3O. The van der Waals surface area contributed by atoms with Crippen molar-refractivity contribution in [2.45, 2.75) is 25.4 Å². The summed E-state index contributed by atoms with van der Waals surface area (Å²) in [5.74, 6) is 0.621. The van der Waals surface area contributed by atoms with Gasteiger partial charge in [0.25, 0.3) is 0 Å². The summed E-state index contributed by atoms with van der Waals surface area (Å²) in [5, 5.41) is 0.687. The van der Waals surface area contributed by atoms with Gasteiger partial charge in [-0.3, -0.25) is 4.90 Å². The monoisotopic (exact) mass is 291 g/mol. The Labute approximate surface area is 123 Å². The maximum absolute atomic E-state index is 5.98. The SMILES string of the molecule is NC1CCN(Cc2coc(-c3cccc(Cl)c3)n2)CC1. The molecule has 0 bridgehead atoms. The number of nitrogens with two attached hydrogens (primary N) is 1. The number of piperidine rings is 1. The Kier molecular flexibility index (Phi) is 4.05. The van der Waals surface area contributed by atoms with Crippen molar-refractivity contribution < 1.29 is 4.42 Å². The van der Waals surface area contributed by atoms with Crippen LogP contribution >= 0.6 is 11.6 Å². The maximum atomic E-state index is 5.98. The highest BCUT2D eigenvalue weighted by molar-refractivity contribution is 6.30. The van der Waals surface area contributed by atoms with E-state index in [4.69, 9.17) is 21.8 Å². The van der Waals surface area contributed by atoms with Crippen LogP contribution in [0.5, 0.6) is 0 Å². The van der Waals surface area contributed by atoms with E-state index in [0.29, 0.717) is 17.0 Å². The number of hydrogen-bond donors (Lipinski definition) is 1. The zero-order valence-electron chi connectivity index (χ0n) is 11.3. The smallest absolute Gasteiger partial charge is 0.226 e. The van der Waals surface area contributed by atoms with Crippen LogP contribution in [0, 0.1) is 0 Å². The molecule has 1 aromatic heterocycles. The number of hydrogen-bond acceptors (Lipinski definition) is 4. The summed E-state index contributed by atoms with van der Waals surface area (Å²) in [6.45, 7) is 2.87. The molecule has 0 atom stereocenters. The number of halogens is 1. The molecule has 3 rings (SSSR count). The summed E-state index contributed by atoms with van der Waals surface area (Å²) in [7, 11) is 0. The average molecular weight is 292 g/mol. The van der Waals surface area contributed by atoms with E-state index in [1.165, 1.54) is 0 Å². The van der Waals surface area contributed by atoms with Crippen molar-refractivity contribution in [1.82, 2.24) is 9.88 Å². The van der Waals surface area contributed by atoms with E-state index in [1.54, 1.807) is 6.26 Å². The Morgan fingerprint density at radius 3 is 2.90 bits per heavy atom. The molecule has 0 amide bonds. The van der Waals surface area contributed by atoms with E-state index >= 15 is 0 Å². The van der Waals surface area contributed by atoms with Gasteiger partial charge < -0.3 is 10.2 Å². The molecule has 0 radical (unpaired) electrons. The summed E-state index contributed by atoms with van der Waals surface area (Å²) in [6.07, 6.45) is 3.84. The Morgan fingerprint density at radius 2 is 2.15 bits per heavy atom. The van der Waals surface area contributed by atoms with Crippen molar-refractivity contribution in [3.8, 4) is 11.5 Å². The first-order chi connectivity index (χ1) is 9.70. The van der Waals surface area contributed by atoms with Gasteiger partial charge in [-0.2, -0.15) is 0 Å². The minimum atomic E-state index is 0.352. The third-order valence-corrected chi connectivity index (χ3v) is 3.88. The van der Waals surface area contributed by atoms with Gasteiger partial charge in [-0.05, 0) is 31.0 Å². The second-order valence-corrected chi connectivity index (χ2v) is 5.70. The quantitative estimate of drug-likeness (QED) is 0.945. The second-order valence-electron chi connectivity index (χ2n) is 5.27. The lowest BCUT2D eigenvalue weighted by Crippen LogP contribution is -2.39. The summed E-state index contributed by atoms with van der Waals surface area (Å²) in [5.41, 5.74) is 7.77. The van der Waals surface area contributed by atoms with E-state index in [1.807, 2.05) is 24.3 Å². The van der Waals surface area contributed by atoms with Gasteiger partial charge >= 0.3 is 0 Å². The van der Waals surface area contributed by atoms with Crippen LogP contribution in [0.4, 0.5) is 0 Å². The fraction of sp³-hybridized carbons (Fsp3) is 0.400. The average Bonchev–Trinajstić information content (AvgIpc) is 2.90. The van der Waals surface area contributed by atoms with Crippen LogP contribution in [0.3, 0.4) is 0 Å². The van der Waals surface area contributed by atoms with Gasteiger partial charge in [0.15, 0.2) is 0 Å². The van der Waals surface area contributed by atoms with Crippen LogP contribution in [0.25, 0.3) is 11.5 Å². The van der Waals surface area contributed by atoms with Gasteiger partial charge in [0, 0.05) is 36.3 Å². The van der Waals surface area contributed by atoms with E-state index < -0.39 is 0 Å². The Morgan fingerprint density at radius 1 is 1.35 bits per heavy atom. The van der Waals surface area contributed by atoms with Gasteiger partial charge in [0.1, 0.15) is 6.26 Å². The zero-order chi connectivity index (χ0) is 13.9. The number of aromatic nitrogens is 1. The molecule has 106 valence electrons. The van der Waals surface area contributed by atoms with Gasteiger partial charge in [0.2, 0.25) is 5.89 Å². The van der Waals surface area contributed by atoms with Crippen LogP contribution in [-0.2, 0) is 6.54 Å². The van der Waals surface area contributed by atoms with Crippen molar-refractivity contribution in [2.24, 2.45) is 5.73 Å². The lowest BCUT2D eigenvalue weighted by atomic mass is 10.1. The van der Waals surface area contributed by atoms with Crippen LogP contribution in [0.2, 0.25) is 5.02 Å². The lowest BCUT2D eigenvalue weighted by molar-refractivity contribution is 0.203. The second kappa shape index (κ2) is 5.95. The van der Waals surface area contributed by atoms with Crippen molar-refractivity contribution in [3.05, 3.63) is 41.2 Å². The van der Waals surface area contributed by atoms with Crippen molar-refractivity contribution in [2.75, 3.05) is 13.1 Å². The van der Waals surface area contributed by atoms with Crippen LogP contribution < -0.4 is 5.73 Å². The number of oxazole rings is 1. The van der Waals surface area contributed by atoms with E-state index in [0.717, 1.165) is 43.7 Å². The predicted octanol–water partition coefficient (Wildman–Crippen LogP) is 2.92. The fourth-order valence-electron chi connectivity index (χ4n) is 2.47. The third-order valence-electron chi connectivity index (χ3n) is 3.64. The molecule has 2 aromatic rings. The fourth-order valence-corrected chi connectivity index (χ4v) is 2.66. The van der Waals surface area contributed by atoms with E-state index in [2.05, 4.69) is 9.88 Å². The summed E-state index contributed by atoms with van der Waals surface area (Å²) < 4.78 is 5.55. The van der Waals surface area contributed by atoms with E-state index in [9.17, 15) is 0 Å². The molecule has 0 saturated carbocycles. The van der Waals surface area contributed by atoms with Crippen LogP contribution in [-0.4, -0.2) is 29.0 Å². The predicted molar refractivity (Wildman–Crippen MR) is 79.4 cm³/mol. The topological polar surface area (TPSA) is 55.3 Å². The zero-order valence-corrected chi connectivity index (χ0v) is 12.0. The van der Waals surface area contributed by atoms with Crippen molar-refractivity contribution in [1.29, 1.82) is 0 Å². The summed E-state index contributed by atoms with van der Waals surface area (Å²) in [6, 6.07) is 7.89. The lowest BCUT2D eigenvalue weighted by Gasteiger charge is -2.29. The summed E-state index contributed by atoms with van der Waals surface area (Å²) >= 11 is 5.98. The normalized spacial score (nSPS) is 17.5. The Hall–Kier alpha value is -1.36. The molecule has 0 unspecified atom stereocenters. The van der Waals surface area contributed by atoms with Crippen molar-refractivity contribution >= 4 is 11.6 Å². The molecule has 1 fully saturated rings. The highest BCUT2D eigenvalue weighted by atomic mass is 35.5. The minimum absolute atomic E-state index is 0.352. The molecule has 1 aliphatic rings. The molecule has 20 heavy (non-hydrogen) atoms. The molecule has 2 heterocycles. The van der Waals surface area contributed by atoms with Gasteiger partial charge in [0.05, 0.1) is 5.69 Å². The van der Waals surface area contributed by atoms with Gasteiger partial charge in [-0.25, -0.2) is 4.98 Å². The first kappa shape index (κ1) is 13.6. The van der Waals surface area contributed by atoms with Crippen LogP contribution in [0.1, 0.15) is 18.5 Å². The number of likely N-dealkylation sites (tertiary alicyclic amines) is 1. The first-order valence-electron chi connectivity index (χ1n) is 6.89. The molecule has 4 nitrogen and oxygen atoms in total. The molecule has 0 spiro atoms. The third kappa shape index (κ3) is 3.20. The molecule has 1 aromatic carbocycles. The highest BCUT2D eigenvalue weighted by Crippen LogP contribution is 2.22. The first-order valence-corrected chi connectivity index (χ1v) is 7.27. The minimum Gasteiger partial charge on any atom is -0.444 e. The van der Waals surface area contributed by atoms with Gasteiger partial charge in [-0.15, -0.1) is 0 Å². The number of benzene rings is 1.